The number of amides is 1. The minimum absolute atomic E-state index is 0.192. The van der Waals surface area contributed by atoms with E-state index in [2.05, 4.69) is 22.1 Å². The van der Waals surface area contributed by atoms with Gasteiger partial charge in [0.25, 0.3) is 5.91 Å². The number of anilines is 1. The number of nitrogens with zero attached hydrogens (tertiary/aromatic N) is 2. The van der Waals surface area contributed by atoms with E-state index >= 15 is 0 Å². The first kappa shape index (κ1) is 14.3. The minimum atomic E-state index is -0.353. The van der Waals surface area contributed by atoms with Crippen molar-refractivity contribution in [2.75, 3.05) is 11.9 Å². The molecule has 0 bridgehead atoms. The monoisotopic (exact) mass is 277 g/mol. The Morgan fingerprint density at radius 2 is 1.90 bits per heavy atom. The van der Waals surface area contributed by atoms with E-state index in [9.17, 15) is 4.79 Å². The van der Waals surface area contributed by atoms with Gasteiger partial charge in [-0.25, -0.2) is 4.98 Å². The minimum Gasteiger partial charge on any atom is -0.384 e. The second kappa shape index (κ2) is 6.85. The highest BCUT2D eigenvalue weighted by atomic mass is 16.2. The average molecular weight is 277 g/mol. The van der Waals surface area contributed by atoms with E-state index in [1.54, 1.807) is 24.3 Å². The van der Waals surface area contributed by atoms with E-state index in [0.717, 1.165) is 5.56 Å². The molecule has 1 aromatic carbocycles. The number of hydrogen-bond donors (Lipinski definition) is 2. The molecule has 1 aromatic heterocycles. The molecule has 21 heavy (non-hydrogen) atoms. The van der Waals surface area contributed by atoms with E-state index in [4.69, 9.17) is 10.4 Å². The topological polar surface area (TPSA) is 86.0 Å². The van der Waals surface area contributed by atoms with Crippen LogP contribution in [0.4, 0.5) is 5.69 Å². The zero-order chi connectivity index (χ0) is 15.1. The third-order valence-corrected chi connectivity index (χ3v) is 2.58. The van der Waals surface area contributed by atoms with Crippen LogP contribution >= 0.6 is 0 Å². The molecule has 0 aliphatic carbocycles. The van der Waals surface area contributed by atoms with Crippen molar-refractivity contribution >= 4 is 11.6 Å². The number of aliphatic hydroxyl groups is 1. The number of aromatic nitrogens is 1. The number of nitrogens with one attached hydrogen (secondary N) is 1. The van der Waals surface area contributed by atoms with Crippen molar-refractivity contribution in [1.82, 2.24) is 4.98 Å². The Kier molecular flexibility index (Phi) is 4.66. The van der Waals surface area contributed by atoms with Gasteiger partial charge in [0.05, 0.1) is 5.56 Å². The van der Waals surface area contributed by atoms with Crippen LogP contribution in [0, 0.1) is 23.2 Å². The summed E-state index contributed by atoms with van der Waals surface area (Å²) >= 11 is 0. The van der Waals surface area contributed by atoms with Crippen LogP contribution in [0.25, 0.3) is 0 Å². The summed E-state index contributed by atoms with van der Waals surface area (Å²) in [5, 5.41) is 20.0. The first-order chi connectivity index (χ1) is 10.2. The summed E-state index contributed by atoms with van der Waals surface area (Å²) in [5.41, 5.74) is 2.00. The van der Waals surface area contributed by atoms with Gasteiger partial charge in [0.1, 0.15) is 18.4 Å². The molecule has 1 amide bonds. The molecule has 102 valence electrons. The smallest absolute Gasteiger partial charge is 0.274 e. The van der Waals surface area contributed by atoms with Gasteiger partial charge in [0.2, 0.25) is 0 Å². The summed E-state index contributed by atoms with van der Waals surface area (Å²) in [6, 6.07) is 11.9. The molecule has 2 N–H and O–H groups in total. The summed E-state index contributed by atoms with van der Waals surface area (Å²) in [7, 11) is 0. The molecule has 2 rings (SSSR count). The van der Waals surface area contributed by atoms with E-state index in [1.165, 1.54) is 18.3 Å². The Morgan fingerprint density at radius 1 is 1.19 bits per heavy atom. The van der Waals surface area contributed by atoms with Gasteiger partial charge in [-0.2, -0.15) is 5.26 Å². The van der Waals surface area contributed by atoms with Crippen molar-refractivity contribution in [3.8, 4) is 17.9 Å². The van der Waals surface area contributed by atoms with E-state index < -0.39 is 0 Å². The predicted octanol–water partition coefficient (Wildman–Crippen LogP) is 1.55. The maximum absolute atomic E-state index is 12.0. The van der Waals surface area contributed by atoms with Gasteiger partial charge < -0.3 is 10.4 Å². The molecule has 0 saturated heterocycles. The molecule has 0 radical (unpaired) electrons. The molecule has 0 saturated carbocycles. The highest BCUT2D eigenvalue weighted by Gasteiger charge is 2.07. The molecule has 0 aliphatic rings. The summed E-state index contributed by atoms with van der Waals surface area (Å²) in [6.45, 7) is -0.192. The molecule has 1 heterocycles. The number of rotatable bonds is 2. The molecule has 0 atom stereocenters. The van der Waals surface area contributed by atoms with Gasteiger partial charge in [0.15, 0.2) is 0 Å². The van der Waals surface area contributed by atoms with Gasteiger partial charge >= 0.3 is 0 Å². The van der Waals surface area contributed by atoms with E-state index in [0.29, 0.717) is 11.3 Å². The van der Waals surface area contributed by atoms with Crippen LogP contribution in [0.15, 0.2) is 42.6 Å². The third-order valence-electron chi connectivity index (χ3n) is 2.58. The normalized spacial score (nSPS) is 9.14. The van der Waals surface area contributed by atoms with Crippen LogP contribution in [0.5, 0.6) is 0 Å². The van der Waals surface area contributed by atoms with Crippen LogP contribution < -0.4 is 5.32 Å². The lowest BCUT2D eigenvalue weighted by Crippen LogP contribution is -2.13. The lowest BCUT2D eigenvalue weighted by atomic mass is 10.2. The number of pyridine rings is 1. The Labute approximate surface area is 121 Å². The van der Waals surface area contributed by atoms with Crippen LogP contribution in [-0.4, -0.2) is 22.6 Å². The van der Waals surface area contributed by atoms with Crippen LogP contribution in [-0.2, 0) is 0 Å². The Balaban J connectivity index is 2.06. The van der Waals surface area contributed by atoms with Gasteiger partial charge in [0, 0.05) is 17.4 Å². The standard InChI is InChI=1S/C16H11N3O2/c17-10-13-5-8-15(18-11-13)16(21)19-14-6-3-12(4-7-14)2-1-9-20/h3-8,11,20H,9H2,(H,19,21). The Morgan fingerprint density at radius 3 is 2.48 bits per heavy atom. The van der Waals surface area contributed by atoms with Crippen LogP contribution in [0.3, 0.4) is 0 Å². The molecule has 5 heteroatoms. The predicted molar refractivity (Wildman–Crippen MR) is 77.3 cm³/mol. The largest absolute Gasteiger partial charge is 0.384 e. The van der Waals surface area contributed by atoms with E-state index in [-0.39, 0.29) is 18.2 Å². The van der Waals surface area contributed by atoms with Crippen molar-refractivity contribution in [3.63, 3.8) is 0 Å². The average Bonchev–Trinajstić information content (AvgIpc) is 2.54. The number of carbonyl (C=O) groups excluding carboxylic acids is 1. The number of carbonyl (C=O) groups is 1. The van der Waals surface area contributed by atoms with Crippen molar-refractivity contribution in [2.24, 2.45) is 0 Å². The lowest BCUT2D eigenvalue weighted by molar-refractivity contribution is 0.102. The first-order valence-corrected chi connectivity index (χ1v) is 6.10. The Hall–Kier alpha value is -3.15. The lowest BCUT2D eigenvalue weighted by Gasteiger charge is -2.04. The summed E-state index contributed by atoms with van der Waals surface area (Å²) < 4.78 is 0. The number of hydrogen-bond acceptors (Lipinski definition) is 4. The fourth-order valence-electron chi connectivity index (χ4n) is 1.57. The number of nitriles is 1. The van der Waals surface area contributed by atoms with Crippen LogP contribution in [0.1, 0.15) is 21.6 Å². The van der Waals surface area contributed by atoms with Gasteiger partial charge in [-0.05, 0) is 36.4 Å². The molecule has 0 spiro atoms. The zero-order valence-corrected chi connectivity index (χ0v) is 11.0. The van der Waals surface area contributed by atoms with Gasteiger partial charge in [-0.1, -0.05) is 11.8 Å². The fourth-order valence-corrected chi connectivity index (χ4v) is 1.57. The summed E-state index contributed by atoms with van der Waals surface area (Å²) in [4.78, 5) is 15.9. The van der Waals surface area contributed by atoms with Crippen molar-refractivity contribution < 1.29 is 9.90 Å². The van der Waals surface area contributed by atoms with Crippen molar-refractivity contribution in [3.05, 3.63) is 59.4 Å². The number of benzene rings is 1. The first-order valence-electron chi connectivity index (χ1n) is 6.10. The molecule has 5 nitrogen and oxygen atoms in total. The second-order valence-electron chi connectivity index (χ2n) is 4.04. The zero-order valence-electron chi connectivity index (χ0n) is 11.0. The fraction of sp³-hybridized carbons (Fsp3) is 0.0625. The maximum atomic E-state index is 12.0. The quantitative estimate of drug-likeness (QED) is 0.815. The third kappa shape index (κ3) is 3.90. The van der Waals surface area contributed by atoms with Gasteiger partial charge in [-0.15, -0.1) is 0 Å². The summed E-state index contributed by atoms with van der Waals surface area (Å²) in [6.07, 6.45) is 1.35. The second-order valence-corrected chi connectivity index (χ2v) is 4.04. The Bertz CT molecular complexity index is 732. The van der Waals surface area contributed by atoms with Crippen LogP contribution in [0.2, 0.25) is 0 Å². The SMILES string of the molecule is N#Cc1ccc(C(=O)Nc2ccc(C#CCO)cc2)nc1. The molecule has 0 unspecified atom stereocenters. The van der Waals surface area contributed by atoms with Gasteiger partial charge in [-0.3, -0.25) is 4.79 Å². The molecular formula is C16H11N3O2. The van der Waals surface area contributed by atoms with Crippen molar-refractivity contribution in [1.29, 1.82) is 5.26 Å². The highest BCUT2D eigenvalue weighted by molar-refractivity contribution is 6.02. The molecule has 0 fully saturated rings. The highest BCUT2D eigenvalue weighted by Crippen LogP contribution is 2.10. The molecule has 0 aliphatic heterocycles. The summed E-state index contributed by atoms with van der Waals surface area (Å²) in [5.74, 6) is 4.95. The number of aliphatic hydroxyl groups excluding tert-OH is 1. The molecular weight excluding hydrogens is 266 g/mol. The molecule has 2 aromatic rings. The van der Waals surface area contributed by atoms with Crippen molar-refractivity contribution in [2.45, 2.75) is 0 Å². The maximum Gasteiger partial charge on any atom is 0.274 e. The van der Waals surface area contributed by atoms with E-state index in [1.807, 2.05) is 6.07 Å².